The first kappa shape index (κ1) is 10.4. The summed E-state index contributed by atoms with van der Waals surface area (Å²) in [6, 6.07) is 8.57. The standard InChI is InChI=1S/C14H15N3/c15-13(14-9-16-5-6-17-14)8-11-7-10-3-1-2-4-12(10)11/h1-6,9,11,13H,7-8,15H2. The summed E-state index contributed by atoms with van der Waals surface area (Å²) in [6.07, 6.45) is 7.23. The van der Waals surface area contributed by atoms with Crippen molar-refractivity contribution < 1.29 is 0 Å². The van der Waals surface area contributed by atoms with Gasteiger partial charge in [0.2, 0.25) is 0 Å². The maximum absolute atomic E-state index is 6.16. The zero-order chi connectivity index (χ0) is 11.7. The number of nitrogens with two attached hydrogens (primary N) is 1. The molecule has 1 aliphatic rings. The third-order valence-corrected chi connectivity index (χ3v) is 3.46. The van der Waals surface area contributed by atoms with E-state index in [9.17, 15) is 0 Å². The molecular weight excluding hydrogens is 210 g/mol. The smallest absolute Gasteiger partial charge is 0.0754 e. The van der Waals surface area contributed by atoms with Gasteiger partial charge in [0.15, 0.2) is 0 Å². The fourth-order valence-corrected chi connectivity index (χ4v) is 2.50. The molecule has 1 aliphatic carbocycles. The predicted octanol–water partition coefficient (Wildman–Crippen LogP) is 2.21. The summed E-state index contributed by atoms with van der Waals surface area (Å²) in [5.74, 6) is 0.586. The summed E-state index contributed by atoms with van der Waals surface area (Å²) in [5.41, 5.74) is 9.96. The van der Waals surface area contributed by atoms with E-state index in [0.29, 0.717) is 5.92 Å². The third-order valence-electron chi connectivity index (χ3n) is 3.46. The van der Waals surface area contributed by atoms with Crippen LogP contribution in [0.1, 0.15) is 35.2 Å². The van der Waals surface area contributed by atoms with Gasteiger partial charge in [-0.15, -0.1) is 0 Å². The molecule has 3 rings (SSSR count). The summed E-state index contributed by atoms with van der Waals surface area (Å²) in [7, 11) is 0. The molecule has 0 saturated carbocycles. The molecule has 1 heterocycles. The molecule has 0 bridgehead atoms. The number of hydrogen-bond acceptors (Lipinski definition) is 3. The lowest BCUT2D eigenvalue weighted by Crippen LogP contribution is -2.23. The van der Waals surface area contributed by atoms with Gasteiger partial charge >= 0.3 is 0 Å². The molecule has 3 nitrogen and oxygen atoms in total. The second kappa shape index (κ2) is 4.26. The van der Waals surface area contributed by atoms with Gasteiger partial charge in [0.25, 0.3) is 0 Å². The number of rotatable bonds is 3. The van der Waals surface area contributed by atoms with Crippen molar-refractivity contribution in [1.82, 2.24) is 9.97 Å². The minimum Gasteiger partial charge on any atom is -0.323 e. The summed E-state index contributed by atoms with van der Waals surface area (Å²) in [6.45, 7) is 0. The van der Waals surface area contributed by atoms with Crippen molar-refractivity contribution in [3.05, 3.63) is 59.7 Å². The highest BCUT2D eigenvalue weighted by atomic mass is 14.8. The summed E-state index contributed by atoms with van der Waals surface area (Å²) < 4.78 is 0. The van der Waals surface area contributed by atoms with Crippen LogP contribution in [0.3, 0.4) is 0 Å². The Hall–Kier alpha value is -1.74. The van der Waals surface area contributed by atoms with Gasteiger partial charge in [-0.25, -0.2) is 0 Å². The maximum Gasteiger partial charge on any atom is 0.0754 e. The molecule has 0 fully saturated rings. The number of nitrogens with zero attached hydrogens (tertiary/aromatic N) is 2. The first-order chi connectivity index (χ1) is 8.34. The molecular formula is C14H15N3. The molecule has 2 aromatic rings. The highest BCUT2D eigenvalue weighted by molar-refractivity contribution is 5.40. The summed E-state index contributed by atoms with van der Waals surface area (Å²) in [5, 5.41) is 0. The van der Waals surface area contributed by atoms with Crippen LogP contribution in [0.15, 0.2) is 42.9 Å². The van der Waals surface area contributed by atoms with Crippen LogP contribution < -0.4 is 5.73 Å². The van der Waals surface area contributed by atoms with Gasteiger partial charge < -0.3 is 5.73 Å². The van der Waals surface area contributed by atoms with Crippen LogP contribution >= 0.6 is 0 Å². The lowest BCUT2D eigenvalue weighted by Gasteiger charge is -2.31. The molecule has 0 radical (unpaired) electrons. The van der Waals surface area contributed by atoms with Crippen LogP contribution in [0.25, 0.3) is 0 Å². The van der Waals surface area contributed by atoms with Gasteiger partial charge in [0.05, 0.1) is 5.69 Å². The zero-order valence-corrected chi connectivity index (χ0v) is 9.58. The second-order valence-corrected chi connectivity index (χ2v) is 4.57. The Morgan fingerprint density at radius 1 is 1.29 bits per heavy atom. The molecule has 0 saturated heterocycles. The van der Waals surface area contributed by atoms with Crippen molar-refractivity contribution in [1.29, 1.82) is 0 Å². The first-order valence-electron chi connectivity index (χ1n) is 5.94. The fraction of sp³-hybridized carbons (Fsp3) is 0.286. The molecule has 2 atom stereocenters. The fourth-order valence-electron chi connectivity index (χ4n) is 2.50. The van der Waals surface area contributed by atoms with Gasteiger partial charge in [0.1, 0.15) is 0 Å². The molecule has 0 amide bonds. The van der Waals surface area contributed by atoms with Crippen LogP contribution in [0, 0.1) is 0 Å². The topological polar surface area (TPSA) is 51.8 Å². The highest BCUT2D eigenvalue weighted by Gasteiger charge is 2.27. The predicted molar refractivity (Wildman–Crippen MR) is 66.5 cm³/mol. The van der Waals surface area contributed by atoms with Crippen LogP contribution in [-0.4, -0.2) is 9.97 Å². The molecule has 86 valence electrons. The van der Waals surface area contributed by atoms with Gasteiger partial charge in [-0.3, -0.25) is 9.97 Å². The van der Waals surface area contributed by atoms with Crippen LogP contribution in [-0.2, 0) is 6.42 Å². The summed E-state index contributed by atoms with van der Waals surface area (Å²) in [4.78, 5) is 8.32. The van der Waals surface area contributed by atoms with E-state index in [1.54, 1.807) is 18.6 Å². The van der Waals surface area contributed by atoms with Crippen molar-refractivity contribution in [2.75, 3.05) is 0 Å². The lowest BCUT2D eigenvalue weighted by atomic mass is 9.74. The van der Waals surface area contributed by atoms with Crippen molar-refractivity contribution in [3.8, 4) is 0 Å². The molecule has 3 heteroatoms. The lowest BCUT2D eigenvalue weighted by molar-refractivity contribution is 0.491. The van der Waals surface area contributed by atoms with Crippen molar-refractivity contribution in [3.63, 3.8) is 0 Å². The molecule has 1 aromatic heterocycles. The largest absolute Gasteiger partial charge is 0.323 e. The van der Waals surface area contributed by atoms with E-state index < -0.39 is 0 Å². The molecule has 0 aliphatic heterocycles. The van der Waals surface area contributed by atoms with Gasteiger partial charge in [-0.1, -0.05) is 24.3 Å². The van der Waals surface area contributed by atoms with E-state index in [0.717, 1.165) is 18.5 Å². The molecule has 2 unspecified atom stereocenters. The average molecular weight is 225 g/mol. The van der Waals surface area contributed by atoms with E-state index in [-0.39, 0.29) is 6.04 Å². The first-order valence-corrected chi connectivity index (χ1v) is 5.94. The molecule has 17 heavy (non-hydrogen) atoms. The average Bonchev–Trinajstić information content (AvgIpc) is 2.37. The number of fused-ring (bicyclic) bond motifs is 1. The highest BCUT2D eigenvalue weighted by Crippen LogP contribution is 2.39. The van der Waals surface area contributed by atoms with Crippen LogP contribution in [0.2, 0.25) is 0 Å². The van der Waals surface area contributed by atoms with E-state index in [4.69, 9.17) is 5.73 Å². The Balaban J connectivity index is 1.70. The van der Waals surface area contributed by atoms with E-state index in [2.05, 4.69) is 34.2 Å². The van der Waals surface area contributed by atoms with Crippen molar-refractivity contribution in [2.24, 2.45) is 5.73 Å². The number of aromatic nitrogens is 2. The molecule has 2 N–H and O–H groups in total. The van der Waals surface area contributed by atoms with Gasteiger partial charge in [-0.05, 0) is 29.9 Å². The van der Waals surface area contributed by atoms with E-state index in [1.165, 1.54) is 11.1 Å². The number of hydrogen-bond donors (Lipinski definition) is 1. The minimum absolute atomic E-state index is 0.0120. The van der Waals surface area contributed by atoms with Gasteiger partial charge in [0, 0.05) is 24.6 Å². The second-order valence-electron chi connectivity index (χ2n) is 4.57. The Morgan fingerprint density at radius 2 is 2.18 bits per heavy atom. The Kier molecular flexibility index (Phi) is 2.61. The van der Waals surface area contributed by atoms with E-state index >= 15 is 0 Å². The monoisotopic (exact) mass is 225 g/mol. The Labute approximate surface area is 101 Å². The van der Waals surface area contributed by atoms with Crippen LogP contribution in [0.5, 0.6) is 0 Å². The number of benzene rings is 1. The van der Waals surface area contributed by atoms with E-state index in [1.807, 2.05) is 0 Å². The third kappa shape index (κ3) is 1.94. The molecule has 0 spiro atoms. The zero-order valence-electron chi connectivity index (χ0n) is 9.58. The van der Waals surface area contributed by atoms with Crippen molar-refractivity contribution >= 4 is 0 Å². The Morgan fingerprint density at radius 3 is 2.94 bits per heavy atom. The van der Waals surface area contributed by atoms with Crippen LogP contribution in [0.4, 0.5) is 0 Å². The molecule has 1 aromatic carbocycles. The van der Waals surface area contributed by atoms with Gasteiger partial charge in [-0.2, -0.15) is 0 Å². The summed E-state index contributed by atoms with van der Waals surface area (Å²) >= 11 is 0. The normalized spacial score (nSPS) is 19.2. The minimum atomic E-state index is -0.0120. The Bertz CT molecular complexity index is 510. The quantitative estimate of drug-likeness (QED) is 0.871. The van der Waals surface area contributed by atoms with Crippen molar-refractivity contribution in [2.45, 2.75) is 24.8 Å². The maximum atomic E-state index is 6.16. The SMILES string of the molecule is NC(CC1Cc2ccccc21)c1cnccn1.